The number of aliphatic hydroxyl groups excluding tert-OH is 1. The Kier molecular flexibility index (Phi) is 6.39. The van der Waals surface area contributed by atoms with Gasteiger partial charge in [0, 0.05) is 10.6 Å². The van der Waals surface area contributed by atoms with E-state index in [1.165, 1.54) is 30.5 Å². The number of carbonyl (C=O) groups excluding carboxylic acids is 2. The fourth-order valence-corrected chi connectivity index (χ4v) is 5.76. The van der Waals surface area contributed by atoms with Crippen LogP contribution in [0.25, 0.3) is 16.0 Å². The first-order chi connectivity index (χ1) is 17.7. The average Bonchev–Trinajstić information content (AvgIpc) is 3.42. The standard InChI is InChI=1S/C28H23ClN2O5S/c1-14-5-6-15(2)18(11-14)25(32)23-24(16-7-10-20(35-3)21(12-16)36-4)31(27(34)26(23)33)28-30-19-9-8-17(29)13-22(19)37-28/h5-13,24,32H,1-4H3. The van der Waals surface area contributed by atoms with Crippen LogP contribution in [-0.4, -0.2) is 36.0 Å². The summed E-state index contributed by atoms with van der Waals surface area (Å²) >= 11 is 7.41. The lowest BCUT2D eigenvalue weighted by Crippen LogP contribution is -2.29. The molecule has 0 saturated carbocycles. The maximum atomic E-state index is 13.5. The average molecular weight is 535 g/mol. The van der Waals surface area contributed by atoms with Gasteiger partial charge >= 0.3 is 5.91 Å². The second kappa shape index (κ2) is 9.53. The largest absolute Gasteiger partial charge is 0.507 e. The molecule has 1 aromatic heterocycles. The van der Waals surface area contributed by atoms with Crippen molar-refractivity contribution in [1.82, 2.24) is 4.98 Å². The van der Waals surface area contributed by atoms with E-state index >= 15 is 0 Å². The molecule has 1 amide bonds. The number of aliphatic hydroxyl groups is 1. The number of carbonyl (C=O) groups is 2. The van der Waals surface area contributed by atoms with Gasteiger partial charge in [-0.2, -0.15) is 0 Å². The Morgan fingerprint density at radius 2 is 1.76 bits per heavy atom. The Balaban J connectivity index is 1.77. The highest BCUT2D eigenvalue weighted by Crippen LogP contribution is 2.46. The van der Waals surface area contributed by atoms with Gasteiger partial charge in [-0.1, -0.05) is 46.7 Å². The van der Waals surface area contributed by atoms with E-state index in [1.54, 1.807) is 42.5 Å². The van der Waals surface area contributed by atoms with Crippen LogP contribution in [0.1, 0.15) is 28.3 Å². The summed E-state index contributed by atoms with van der Waals surface area (Å²) in [5, 5.41) is 12.4. The second-order valence-corrected chi connectivity index (χ2v) is 10.2. The minimum absolute atomic E-state index is 0.0248. The van der Waals surface area contributed by atoms with Gasteiger partial charge in [-0.25, -0.2) is 4.98 Å². The molecule has 0 aliphatic carbocycles. The van der Waals surface area contributed by atoms with Crippen LogP contribution in [0.2, 0.25) is 5.02 Å². The molecule has 9 heteroatoms. The highest BCUT2D eigenvalue weighted by molar-refractivity contribution is 7.22. The normalized spacial score (nSPS) is 17.0. The molecular formula is C28H23ClN2O5S. The topological polar surface area (TPSA) is 89.0 Å². The van der Waals surface area contributed by atoms with E-state index in [0.717, 1.165) is 15.8 Å². The van der Waals surface area contributed by atoms with Crippen molar-refractivity contribution in [3.8, 4) is 11.5 Å². The number of rotatable bonds is 5. The third-order valence-corrected chi connectivity index (χ3v) is 7.61. The summed E-state index contributed by atoms with van der Waals surface area (Å²) in [5.74, 6) is -0.904. The highest BCUT2D eigenvalue weighted by Gasteiger charge is 2.48. The summed E-state index contributed by atoms with van der Waals surface area (Å²) in [6.45, 7) is 3.74. The molecule has 0 radical (unpaired) electrons. The van der Waals surface area contributed by atoms with E-state index in [9.17, 15) is 14.7 Å². The molecule has 3 aromatic carbocycles. The zero-order valence-corrected chi connectivity index (χ0v) is 22.1. The SMILES string of the molecule is COc1ccc(C2C(=C(O)c3cc(C)ccc3C)C(=O)C(=O)N2c2nc3ccc(Cl)cc3s2)cc1OC. The third kappa shape index (κ3) is 4.22. The van der Waals surface area contributed by atoms with Crippen LogP contribution in [0.3, 0.4) is 0 Å². The predicted octanol–water partition coefficient (Wildman–Crippen LogP) is 6.21. The maximum Gasteiger partial charge on any atom is 0.301 e. The number of thiazole rings is 1. The Morgan fingerprint density at radius 1 is 1.00 bits per heavy atom. The zero-order chi connectivity index (χ0) is 26.4. The van der Waals surface area contributed by atoms with E-state index in [1.807, 2.05) is 26.0 Å². The molecule has 0 bridgehead atoms. The summed E-state index contributed by atoms with van der Waals surface area (Å²) in [7, 11) is 3.03. The number of anilines is 1. The summed E-state index contributed by atoms with van der Waals surface area (Å²) in [4.78, 5) is 33.0. The molecule has 1 aliphatic heterocycles. The molecule has 1 atom stereocenters. The second-order valence-electron chi connectivity index (χ2n) is 8.71. The van der Waals surface area contributed by atoms with Crippen LogP contribution >= 0.6 is 22.9 Å². The summed E-state index contributed by atoms with van der Waals surface area (Å²) in [5.41, 5.74) is 3.35. The molecule has 5 rings (SSSR count). The van der Waals surface area contributed by atoms with E-state index in [4.69, 9.17) is 21.1 Å². The van der Waals surface area contributed by atoms with Crippen LogP contribution in [0.5, 0.6) is 11.5 Å². The summed E-state index contributed by atoms with van der Waals surface area (Å²) < 4.78 is 11.6. The van der Waals surface area contributed by atoms with Crippen molar-refractivity contribution in [2.75, 3.05) is 19.1 Å². The van der Waals surface area contributed by atoms with Gasteiger partial charge < -0.3 is 14.6 Å². The smallest absolute Gasteiger partial charge is 0.301 e. The molecular weight excluding hydrogens is 512 g/mol. The lowest BCUT2D eigenvalue weighted by molar-refractivity contribution is -0.132. The van der Waals surface area contributed by atoms with E-state index < -0.39 is 17.7 Å². The number of halogens is 1. The number of methoxy groups -OCH3 is 2. The minimum atomic E-state index is -0.948. The lowest BCUT2D eigenvalue weighted by atomic mass is 9.93. The summed E-state index contributed by atoms with van der Waals surface area (Å²) in [6, 6.07) is 15.0. The highest BCUT2D eigenvalue weighted by atomic mass is 35.5. The van der Waals surface area contributed by atoms with Crippen molar-refractivity contribution in [2.45, 2.75) is 19.9 Å². The number of benzene rings is 3. The number of fused-ring (bicyclic) bond motifs is 1. The number of aryl methyl sites for hydroxylation is 2. The van der Waals surface area contributed by atoms with E-state index in [2.05, 4.69) is 4.98 Å². The number of hydrogen-bond acceptors (Lipinski definition) is 7. The Labute approximate surface area is 222 Å². The molecule has 7 nitrogen and oxygen atoms in total. The van der Waals surface area contributed by atoms with Crippen LogP contribution in [0.15, 0.2) is 60.2 Å². The lowest BCUT2D eigenvalue weighted by Gasteiger charge is -2.24. The van der Waals surface area contributed by atoms with Gasteiger partial charge in [0.2, 0.25) is 0 Å². The van der Waals surface area contributed by atoms with Crippen LogP contribution in [0, 0.1) is 13.8 Å². The number of amides is 1. The van der Waals surface area contributed by atoms with Crippen LogP contribution < -0.4 is 14.4 Å². The molecule has 1 aliphatic rings. The van der Waals surface area contributed by atoms with Gasteiger partial charge in [-0.05, 0) is 61.4 Å². The molecule has 37 heavy (non-hydrogen) atoms. The first-order valence-electron chi connectivity index (χ1n) is 11.4. The fourth-order valence-electron chi connectivity index (χ4n) is 4.49. The molecule has 1 unspecified atom stereocenters. The molecule has 4 aromatic rings. The monoisotopic (exact) mass is 534 g/mol. The Morgan fingerprint density at radius 3 is 2.49 bits per heavy atom. The number of Topliss-reactive ketones (excluding diaryl/α,β-unsaturated/α-hetero) is 1. The quantitative estimate of drug-likeness (QED) is 0.186. The first-order valence-corrected chi connectivity index (χ1v) is 12.6. The van der Waals surface area contributed by atoms with Crippen molar-refractivity contribution in [1.29, 1.82) is 0 Å². The van der Waals surface area contributed by atoms with E-state index in [0.29, 0.717) is 38.3 Å². The van der Waals surface area contributed by atoms with Gasteiger partial charge in [0.15, 0.2) is 16.6 Å². The van der Waals surface area contributed by atoms with Crippen molar-refractivity contribution in [2.24, 2.45) is 0 Å². The zero-order valence-electron chi connectivity index (χ0n) is 20.5. The number of ketones is 1. The first kappa shape index (κ1) is 24.8. The van der Waals surface area contributed by atoms with Crippen molar-refractivity contribution >= 4 is 55.7 Å². The van der Waals surface area contributed by atoms with Gasteiger partial charge in [0.1, 0.15) is 5.76 Å². The molecule has 188 valence electrons. The number of nitrogens with zero attached hydrogens (tertiary/aromatic N) is 2. The number of aromatic nitrogens is 1. The Bertz CT molecular complexity index is 1610. The van der Waals surface area contributed by atoms with Crippen LogP contribution in [-0.2, 0) is 9.59 Å². The molecule has 1 saturated heterocycles. The molecule has 1 fully saturated rings. The molecule has 1 N–H and O–H groups in total. The molecule has 0 spiro atoms. The fraction of sp³-hybridized carbons (Fsp3) is 0.179. The predicted molar refractivity (Wildman–Crippen MR) is 145 cm³/mol. The number of hydrogen-bond donors (Lipinski definition) is 1. The molecule has 2 heterocycles. The van der Waals surface area contributed by atoms with Crippen molar-refractivity contribution in [3.05, 3.63) is 87.4 Å². The minimum Gasteiger partial charge on any atom is -0.507 e. The van der Waals surface area contributed by atoms with E-state index in [-0.39, 0.29) is 11.3 Å². The van der Waals surface area contributed by atoms with Crippen molar-refractivity contribution in [3.63, 3.8) is 0 Å². The van der Waals surface area contributed by atoms with Gasteiger partial charge in [-0.3, -0.25) is 14.5 Å². The van der Waals surface area contributed by atoms with Gasteiger partial charge in [0.05, 0.1) is 36.1 Å². The maximum absolute atomic E-state index is 13.5. The van der Waals surface area contributed by atoms with Crippen molar-refractivity contribution < 1.29 is 24.2 Å². The number of ether oxygens (including phenoxy) is 2. The summed E-state index contributed by atoms with van der Waals surface area (Å²) in [6.07, 6.45) is 0. The van der Waals surface area contributed by atoms with Gasteiger partial charge in [-0.15, -0.1) is 0 Å². The van der Waals surface area contributed by atoms with Crippen LogP contribution in [0.4, 0.5) is 5.13 Å². The van der Waals surface area contributed by atoms with Gasteiger partial charge in [0.25, 0.3) is 5.78 Å². The Hall–Kier alpha value is -3.88. The third-order valence-electron chi connectivity index (χ3n) is 6.36.